The van der Waals surface area contributed by atoms with E-state index in [-0.39, 0.29) is 57.5 Å². The Balaban J connectivity index is 0.000000674. The third-order valence-corrected chi connectivity index (χ3v) is 7.42. The summed E-state index contributed by atoms with van der Waals surface area (Å²) < 4.78 is 0. The number of carbonyl (C=O) groups excluding carboxylic acids is 1. The van der Waals surface area contributed by atoms with E-state index in [1.54, 1.807) is 48.5 Å². The van der Waals surface area contributed by atoms with Gasteiger partial charge in [0.15, 0.2) is 11.5 Å². The molecule has 3 aromatic carbocycles. The van der Waals surface area contributed by atoms with Gasteiger partial charge in [0.05, 0.1) is 35.7 Å². The maximum absolute atomic E-state index is 10.9. The summed E-state index contributed by atoms with van der Waals surface area (Å²) >= 11 is 34.9. The Morgan fingerprint density at radius 1 is 0.680 bits per heavy atom. The minimum absolute atomic E-state index is 0. The predicted octanol–water partition coefficient (Wildman–Crippen LogP) is 4.97. The van der Waals surface area contributed by atoms with E-state index < -0.39 is 5.78 Å². The average Bonchev–Trinajstić information content (AvgIpc) is 3.06. The van der Waals surface area contributed by atoms with Crippen LogP contribution < -0.4 is 40.2 Å². The van der Waals surface area contributed by atoms with E-state index in [0.717, 1.165) is 0 Å². The zero-order valence-corrected chi connectivity index (χ0v) is 29.0. The van der Waals surface area contributed by atoms with E-state index >= 15 is 0 Å². The highest BCUT2D eigenvalue weighted by atomic mass is 35.5. The Bertz CT molecular complexity index is 1970. The Morgan fingerprint density at radius 3 is 1.62 bits per heavy atom. The highest BCUT2D eigenvalue weighted by molar-refractivity contribution is 6.45. The number of nitrogens with two attached hydrogens (primary N) is 7. The first-order valence-corrected chi connectivity index (χ1v) is 14.7. The molecule has 4 aromatic rings. The molecule has 0 saturated carbocycles. The number of Topliss-reactive ketones (excluding diaryl/α,β-unsaturated/α-hetero) is 1. The lowest BCUT2D eigenvalue weighted by atomic mass is 10.1. The molecule has 14 N–H and O–H groups in total. The molecule has 0 fully saturated rings. The van der Waals surface area contributed by atoms with Crippen LogP contribution in [0.3, 0.4) is 0 Å². The van der Waals surface area contributed by atoms with Crippen molar-refractivity contribution in [1.29, 1.82) is 10.5 Å². The number of hydrogen-bond donors (Lipinski definition) is 7. The number of ketones is 1. The van der Waals surface area contributed by atoms with Crippen molar-refractivity contribution in [2.45, 2.75) is 7.43 Å². The molecule has 0 aliphatic heterocycles. The van der Waals surface area contributed by atoms with Gasteiger partial charge in [0, 0.05) is 11.1 Å². The second-order valence-corrected chi connectivity index (χ2v) is 10.6. The Kier molecular flexibility index (Phi) is 20.0. The molecule has 0 amide bonds. The maximum atomic E-state index is 10.9. The molecule has 0 spiro atoms. The molecule has 0 aliphatic rings. The molecule has 0 aliphatic carbocycles. The molecular weight excluding hydrogens is 775 g/mol. The van der Waals surface area contributed by atoms with Crippen molar-refractivity contribution in [3.8, 4) is 23.4 Å². The van der Waals surface area contributed by atoms with Gasteiger partial charge < -0.3 is 40.2 Å². The number of nitriles is 2. The Labute approximate surface area is 316 Å². The largest absolute Gasteiger partial charge is 0.382 e. The Hall–Kier alpha value is -5.33. The van der Waals surface area contributed by atoms with Gasteiger partial charge in [0.1, 0.15) is 17.8 Å². The van der Waals surface area contributed by atoms with Gasteiger partial charge in [-0.15, -0.1) is 25.5 Å². The maximum Gasteiger partial charge on any atom is 0.263 e. The molecule has 0 bridgehead atoms. The first-order chi connectivity index (χ1) is 23.1. The lowest BCUT2D eigenvalue weighted by molar-refractivity contribution is 0.105. The smallest absolute Gasteiger partial charge is 0.263 e. The second-order valence-electron chi connectivity index (χ2n) is 8.29. The fraction of sp³-hybridized carbons (Fsp3) is 0.0357. The zero-order valence-electron chi connectivity index (χ0n) is 24.5. The number of halogens is 6. The lowest BCUT2D eigenvalue weighted by Gasteiger charge is -2.06. The second kappa shape index (κ2) is 22.3. The van der Waals surface area contributed by atoms with E-state index in [1.807, 2.05) is 6.07 Å². The van der Waals surface area contributed by atoms with Crippen LogP contribution in [-0.4, -0.2) is 38.6 Å². The molecule has 4 rings (SSSR count). The number of nitrogen functional groups attached to an aromatic ring is 2. The topological polar surface area (TPSA) is 323 Å². The minimum atomic E-state index is -0.678. The lowest BCUT2D eigenvalue weighted by Crippen LogP contribution is -2.23. The molecule has 0 unspecified atom stereocenters. The van der Waals surface area contributed by atoms with Crippen LogP contribution in [-0.2, 0) is 0 Å². The highest BCUT2D eigenvalue weighted by Crippen LogP contribution is 2.34. The number of benzene rings is 3. The van der Waals surface area contributed by atoms with Crippen molar-refractivity contribution < 1.29 is 4.79 Å². The van der Waals surface area contributed by atoms with Crippen LogP contribution in [0.2, 0.25) is 30.1 Å². The van der Waals surface area contributed by atoms with Gasteiger partial charge in [-0.25, -0.2) is 0 Å². The molecule has 22 heteroatoms. The van der Waals surface area contributed by atoms with Gasteiger partial charge in [0.25, 0.3) is 5.78 Å². The summed E-state index contributed by atoms with van der Waals surface area (Å²) in [5.41, 5.74) is 32.0. The number of hydrogen-bond acceptors (Lipinski definition) is 12. The van der Waals surface area contributed by atoms with Crippen LogP contribution in [0.1, 0.15) is 23.3 Å². The van der Waals surface area contributed by atoms with E-state index in [1.165, 1.54) is 12.1 Å². The van der Waals surface area contributed by atoms with Crippen LogP contribution in [0.5, 0.6) is 0 Å². The molecule has 262 valence electrons. The van der Waals surface area contributed by atoms with Crippen molar-refractivity contribution in [3.05, 3.63) is 95.9 Å². The fourth-order valence-corrected chi connectivity index (χ4v) is 4.07. The fourth-order valence-electron chi connectivity index (χ4n) is 2.90. The summed E-state index contributed by atoms with van der Waals surface area (Å²) in [5.74, 6) is 3.67. The third kappa shape index (κ3) is 14.0. The number of anilines is 2. The highest BCUT2D eigenvalue weighted by Gasteiger charge is 2.13. The van der Waals surface area contributed by atoms with E-state index in [4.69, 9.17) is 115 Å². The SMILES string of the molecule is C.N#C/C(=N\N=C(N)N)c1cccc(Cl)c1Cl.N#CC(=O)c1cccc(Cl)c1Cl.NN=C(N)N.Nc1nnc(-c2cccc(Cl)c2Cl)c(N)n1. The first-order valence-electron chi connectivity index (χ1n) is 12.5. The van der Waals surface area contributed by atoms with Crippen molar-refractivity contribution in [3.63, 3.8) is 0 Å². The number of nitrogens with zero attached hydrogens (tertiary/aromatic N) is 8. The van der Waals surface area contributed by atoms with Crippen molar-refractivity contribution in [1.82, 2.24) is 15.2 Å². The quantitative estimate of drug-likeness (QED) is 0.0358. The van der Waals surface area contributed by atoms with E-state index in [0.29, 0.717) is 31.9 Å². The van der Waals surface area contributed by atoms with Gasteiger partial charge >= 0.3 is 0 Å². The summed E-state index contributed by atoms with van der Waals surface area (Å²) in [7, 11) is 0. The molecule has 50 heavy (non-hydrogen) atoms. The van der Waals surface area contributed by atoms with Crippen LogP contribution in [0.4, 0.5) is 11.8 Å². The number of aromatic nitrogens is 3. The van der Waals surface area contributed by atoms with Gasteiger partial charge in [-0.05, 0) is 24.3 Å². The summed E-state index contributed by atoms with van der Waals surface area (Å²) in [6, 6.07) is 17.9. The molecule has 0 atom stereocenters. The molecule has 0 saturated heterocycles. The average molecular weight is 802 g/mol. The first kappa shape index (κ1) is 44.7. The number of rotatable bonds is 4. The molecule has 16 nitrogen and oxygen atoms in total. The minimum Gasteiger partial charge on any atom is -0.382 e. The monoisotopic (exact) mass is 799 g/mol. The Morgan fingerprint density at radius 2 is 1.16 bits per heavy atom. The van der Waals surface area contributed by atoms with Crippen LogP contribution in [0.25, 0.3) is 11.3 Å². The van der Waals surface area contributed by atoms with E-state index in [9.17, 15) is 4.79 Å². The van der Waals surface area contributed by atoms with Gasteiger partial charge in [-0.1, -0.05) is 107 Å². The zero-order chi connectivity index (χ0) is 37.3. The van der Waals surface area contributed by atoms with Gasteiger partial charge in [-0.2, -0.15) is 15.5 Å². The summed E-state index contributed by atoms with van der Waals surface area (Å²) in [5, 5.41) is 36.2. The van der Waals surface area contributed by atoms with Crippen molar-refractivity contribution in [2.24, 2.45) is 44.1 Å². The molecule has 1 aromatic heterocycles. The van der Waals surface area contributed by atoms with Gasteiger partial charge in [-0.3, -0.25) is 4.79 Å². The van der Waals surface area contributed by atoms with Crippen molar-refractivity contribution in [2.75, 3.05) is 11.5 Å². The summed E-state index contributed by atoms with van der Waals surface area (Å²) in [6.45, 7) is 0. The van der Waals surface area contributed by atoms with Crippen LogP contribution in [0, 0.1) is 22.7 Å². The van der Waals surface area contributed by atoms with Crippen LogP contribution in [0.15, 0.2) is 69.9 Å². The van der Waals surface area contributed by atoms with Gasteiger partial charge in [0.2, 0.25) is 17.9 Å². The molecule has 0 radical (unpaired) electrons. The normalized spacial score (nSPS) is 9.56. The van der Waals surface area contributed by atoms with Crippen molar-refractivity contribution >= 4 is 105 Å². The molecular formula is C28H27Cl6N15O. The number of carbonyl (C=O) groups is 1. The standard InChI is InChI=1S/2C9H7Cl2N5.C8H3Cl2NO.CH6N4.CH4/c10-5-3-1-2-4(6(5)11)7-8(12)14-9(13)16-15-7;10-6-3-1-2-5(8(6)11)7(4-12)15-16-9(13)14;9-6-3-1-2-5(8(6)10)7(12)4-11;2-1(3)5-4;/h1-3H,(H4,12,13,14,16);1-3H,(H4,13,14,16);1-3H;4H2,(H4,2,3,5);1H4/b;15-7+;;;. The number of guanidine groups is 2. The van der Waals surface area contributed by atoms with E-state index in [2.05, 4.69) is 36.3 Å². The third-order valence-electron chi connectivity index (χ3n) is 4.96. The summed E-state index contributed by atoms with van der Waals surface area (Å²) in [6.07, 6.45) is 0. The number of hydrazone groups is 1. The molecule has 1 heterocycles. The van der Waals surface area contributed by atoms with Crippen LogP contribution >= 0.6 is 69.6 Å². The summed E-state index contributed by atoms with van der Waals surface area (Å²) in [4.78, 5) is 14.7. The predicted molar refractivity (Wildman–Crippen MR) is 202 cm³/mol.